The van der Waals surface area contributed by atoms with Crippen LogP contribution in [0.2, 0.25) is 0 Å². The van der Waals surface area contributed by atoms with Crippen LogP contribution in [0.3, 0.4) is 0 Å². The Morgan fingerprint density at radius 2 is 2.20 bits per heavy atom. The highest BCUT2D eigenvalue weighted by Gasteiger charge is 2.03. The van der Waals surface area contributed by atoms with Gasteiger partial charge < -0.3 is 14.5 Å². The average Bonchev–Trinajstić information content (AvgIpc) is 3.01. The monoisotopic (exact) mass is 274 g/mol. The van der Waals surface area contributed by atoms with Crippen LogP contribution in [0.1, 0.15) is 38.4 Å². The normalized spacial score (nSPS) is 11.4. The topological polar surface area (TPSA) is 34.8 Å². The zero-order chi connectivity index (χ0) is 14.4. The standard InChI is InChI=1S/C16H26N4/c1-4-6-20-13-18-10-16(20)12-19-7-5-15(11-19)9-17-8-14(2)3/h5,7,10-11,13-14,17H,4,6,8-9,12H2,1-3H3. The number of aromatic nitrogens is 3. The summed E-state index contributed by atoms with van der Waals surface area (Å²) in [6, 6.07) is 2.19. The van der Waals surface area contributed by atoms with Gasteiger partial charge in [0.1, 0.15) is 0 Å². The second kappa shape index (κ2) is 7.29. The summed E-state index contributed by atoms with van der Waals surface area (Å²) < 4.78 is 4.46. The van der Waals surface area contributed by atoms with E-state index in [0.29, 0.717) is 5.92 Å². The smallest absolute Gasteiger partial charge is 0.0948 e. The van der Waals surface area contributed by atoms with Crippen LogP contribution in [-0.4, -0.2) is 20.7 Å². The van der Waals surface area contributed by atoms with E-state index in [1.54, 1.807) is 0 Å². The third-order valence-corrected chi connectivity index (χ3v) is 3.30. The van der Waals surface area contributed by atoms with Crippen molar-refractivity contribution in [3.63, 3.8) is 0 Å². The number of nitrogens with one attached hydrogen (secondary N) is 1. The van der Waals surface area contributed by atoms with Crippen molar-refractivity contribution >= 4 is 0 Å². The summed E-state index contributed by atoms with van der Waals surface area (Å²) in [6.07, 6.45) is 9.39. The van der Waals surface area contributed by atoms with Crippen LogP contribution < -0.4 is 5.32 Å². The van der Waals surface area contributed by atoms with Crippen molar-refractivity contribution in [2.75, 3.05) is 6.54 Å². The van der Waals surface area contributed by atoms with Crippen molar-refractivity contribution in [2.24, 2.45) is 5.92 Å². The summed E-state index contributed by atoms with van der Waals surface area (Å²) in [7, 11) is 0. The highest BCUT2D eigenvalue weighted by atomic mass is 15.1. The van der Waals surface area contributed by atoms with Gasteiger partial charge >= 0.3 is 0 Å². The SMILES string of the molecule is CCCn1cncc1Cn1ccc(CNCC(C)C)c1. The molecular weight excluding hydrogens is 248 g/mol. The van der Waals surface area contributed by atoms with Crippen LogP contribution in [0.4, 0.5) is 0 Å². The summed E-state index contributed by atoms with van der Waals surface area (Å²) in [5.74, 6) is 0.695. The molecule has 110 valence electrons. The van der Waals surface area contributed by atoms with Gasteiger partial charge in [0.2, 0.25) is 0 Å². The van der Waals surface area contributed by atoms with Crippen LogP contribution in [0.25, 0.3) is 0 Å². The molecule has 0 fully saturated rings. The van der Waals surface area contributed by atoms with Crippen molar-refractivity contribution in [1.82, 2.24) is 19.4 Å². The summed E-state index contributed by atoms with van der Waals surface area (Å²) in [5, 5.41) is 3.47. The molecule has 20 heavy (non-hydrogen) atoms. The van der Waals surface area contributed by atoms with Crippen molar-refractivity contribution in [1.29, 1.82) is 0 Å². The Labute approximate surface area is 121 Å². The third kappa shape index (κ3) is 4.23. The zero-order valence-electron chi connectivity index (χ0n) is 12.8. The summed E-state index contributed by atoms with van der Waals surface area (Å²) in [5.41, 5.74) is 2.61. The van der Waals surface area contributed by atoms with Gasteiger partial charge in [0.25, 0.3) is 0 Å². The fourth-order valence-electron chi connectivity index (χ4n) is 2.31. The van der Waals surface area contributed by atoms with E-state index in [-0.39, 0.29) is 0 Å². The first kappa shape index (κ1) is 14.9. The van der Waals surface area contributed by atoms with Crippen molar-refractivity contribution in [3.8, 4) is 0 Å². The molecule has 0 aliphatic heterocycles. The quantitative estimate of drug-likeness (QED) is 0.803. The van der Waals surface area contributed by atoms with Gasteiger partial charge in [-0.15, -0.1) is 0 Å². The van der Waals surface area contributed by atoms with Crippen LogP contribution in [0.5, 0.6) is 0 Å². The molecule has 0 spiro atoms. The highest BCUT2D eigenvalue weighted by molar-refractivity contribution is 5.12. The van der Waals surface area contributed by atoms with Gasteiger partial charge in [-0.3, -0.25) is 0 Å². The second-order valence-corrected chi connectivity index (χ2v) is 5.80. The van der Waals surface area contributed by atoms with E-state index in [1.165, 1.54) is 11.3 Å². The van der Waals surface area contributed by atoms with Gasteiger partial charge in [-0.25, -0.2) is 4.98 Å². The van der Waals surface area contributed by atoms with Gasteiger partial charge in [0.15, 0.2) is 0 Å². The van der Waals surface area contributed by atoms with Crippen molar-refractivity contribution in [2.45, 2.75) is 46.8 Å². The number of rotatable bonds is 8. The Balaban J connectivity index is 1.90. The molecule has 2 aromatic rings. The lowest BCUT2D eigenvalue weighted by Gasteiger charge is -2.08. The predicted octanol–water partition coefficient (Wildman–Crippen LogP) is 2.89. The van der Waals surface area contributed by atoms with Gasteiger partial charge in [-0.2, -0.15) is 0 Å². The molecule has 4 nitrogen and oxygen atoms in total. The molecular formula is C16H26N4. The lowest BCUT2D eigenvalue weighted by molar-refractivity contribution is 0.552. The lowest BCUT2D eigenvalue weighted by atomic mass is 10.2. The maximum absolute atomic E-state index is 4.25. The van der Waals surface area contributed by atoms with Crippen LogP contribution >= 0.6 is 0 Å². The lowest BCUT2D eigenvalue weighted by Crippen LogP contribution is -2.18. The Hall–Kier alpha value is -1.55. The summed E-state index contributed by atoms with van der Waals surface area (Å²) in [4.78, 5) is 4.25. The van der Waals surface area contributed by atoms with E-state index < -0.39 is 0 Å². The average molecular weight is 274 g/mol. The highest BCUT2D eigenvalue weighted by Crippen LogP contribution is 2.07. The molecule has 0 saturated carbocycles. The largest absolute Gasteiger partial charge is 0.348 e. The van der Waals surface area contributed by atoms with Gasteiger partial charge in [0, 0.05) is 31.7 Å². The van der Waals surface area contributed by atoms with E-state index in [1.807, 2.05) is 12.5 Å². The fraction of sp³-hybridized carbons (Fsp3) is 0.562. The summed E-state index contributed by atoms with van der Waals surface area (Å²) >= 11 is 0. The summed E-state index contributed by atoms with van der Waals surface area (Å²) in [6.45, 7) is 10.6. The van der Waals surface area contributed by atoms with Crippen LogP contribution in [0.15, 0.2) is 31.0 Å². The minimum Gasteiger partial charge on any atom is -0.348 e. The molecule has 1 N–H and O–H groups in total. The minimum absolute atomic E-state index is 0.695. The number of nitrogens with zero attached hydrogens (tertiary/aromatic N) is 3. The molecule has 0 saturated heterocycles. The first-order chi connectivity index (χ1) is 9.69. The molecule has 0 bridgehead atoms. The molecule has 2 rings (SSSR count). The number of aryl methyl sites for hydroxylation is 1. The molecule has 0 atom stereocenters. The predicted molar refractivity (Wildman–Crippen MR) is 82.6 cm³/mol. The molecule has 2 heterocycles. The Bertz CT molecular complexity index is 510. The molecule has 0 aromatic carbocycles. The van der Waals surface area contributed by atoms with Gasteiger partial charge in [0.05, 0.1) is 18.6 Å². The van der Waals surface area contributed by atoms with Crippen molar-refractivity contribution in [3.05, 3.63) is 42.2 Å². The Morgan fingerprint density at radius 1 is 1.35 bits per heavy atom. The number of hydrogen-bond donors (Lipinski definition) is 1. The minimum atomic E-state index is 0.695. The third-order valence-electron chi connectivity index (χ3n) is 3.30. The zero-order valence-corrected chi connectivity index (χ0v) is 12.8. The van der Waals surface area contributed by atoms with E-state index in [4.69, 9.17) is 0 Å². The molecule has 0 aliphatic rings. The Morgan fingerprint density at radius 3 is 2.95 bits per heavy atom. The molecule has 0 aliphatic carbocycles. The molecule has 2 aromatic heterocycles. The maximum atomic E-state index is 4.25. The number of imidazole rings is 1. The van der Waals surface area contributed by atoms with Gasteiger partial charge in [-0.05, 0) is 30.5 Å². The van der Waals surface area contributed by atoms with E-state index in [0.717, 1.165) is 32.6 Å². The molecule has 0 unspecified atom stereocenters. The maximum Gasteiger partial charge on any atom is 0.0948 e. The first-order valence-electron chi connectivity index (χ1n) is 7.53. The van der Waals surface area contributed by atoms with E-state index in [2.05, 4.69) is 58.7 Å². The van der Waals surface area contributed by atoms with Crippen LogP contribution in [-0.2, 0) is 19.6 Å². The second-order valence-electron chi connectivity index (χ2n) is 5.80. The fourth-order valence-corrected chi connectivity index (χ4v) is 2.31. The molecule has 4 heteroatoms. The van der Waals surface area contributed by atoms with Gasteiger partial charge in [-0.1, -0.05) is 20.8 Å². The molecule has 0 radical (unpaired) electrons. The van der Waals surface area contributed by atoms with E-state index >= 15 is 0 Å². The van der Waals surface area contributed by atoms with Crippen molar-refractivity contribution < 1.29 is 0 Å². The van der Waals surface area contributed by atoms with Crippen LogP contribution in [0, 0.1) is 5.92 Å². The Kier molecular flexibility index (Phi) is 5.41. The van der Waals surface area contributed by atoms with E-state index in [9.17, 15) is 0 Å². The first-order valence-corrected chi connectivity index (χ1v) is 7.53. The molecule has 0 amide bonds. The number of hydrogen-bond acceptors (Lipinski definition) is 2.